The van der Waals surface area contributed by atoms with Gasteiger partial charge in [0.2, 0.25) is 0 Å². The molecular weight excluding hydrogens is 411 g/mol. The SMILES string of the molecule is O=C(O)C(F)(F)F.O=C(O)[C@@]12CN(Cc3ccc(C#CCO)cc3)C[C@]1(C(=O)O)C2. The molecule has 3 rings (SSSR count). The quantitative estimate of drug-likeness (QED) is 0.521. The van der Waals surface area contributed by atoms with Crippen molar-refractivity contribution in [1.29, 1.82) is 0 Å². The fraction of sp³-hybridized carbons (Fsp3) is 0.421. The summed E-state index contributed by atoms with van der Waals surface area (Å²) in [5.74, 6) is 0.580. The van der Waals surface area contributed by atoms with Crippen LogP contribution in [-0.4, -0.2) is 69.1 Å². The number of nitrogens with zero attached hydrogens (tertiary/aromatic N) is 1. The number of hydrogen-bond acceptors (Lipinski definition) is 5. The number of carboxylic acid groups (broad SMARTS) is 3. The Balaban J connectivity index is 0.000000396. The van der Waals surface area contributed by atoms with Crippen LogP contribution in [0.25, 0.3) is 0 Å². The average Bonchev–Trinajstić information content (AvgIpc) is 3.20. The molecule has 8 nitrogen and oxygen atoms in total. The van der Waals surface area contributed by atoms with Gasteiger partial charge in [-0.05, 0) is 24.1 Å². The first-order valence-electron chi connectivity index (χ1n) is 8.56. The van der Waals surface area contributed by atoms with Crippen molar-refractivity contribution >= 4 is 17.9 Å². The normalized spacial score (nSPS) is 24.5. The number of likely N-dealkylation sites (tertiary alicyclic amines) is 1. The Morgan fingerprint density at radius 3 is 1.83 bits per heavy atom. The second-order valence-corrected chi connectivity index (χ2v) is 7.06. The Morgan fingerprint density at radius 1 is 1.00 bits per heavy atom. The molecule has 2 aliphatic rings. The summed E-state index contributed by atoms with van der Waals surface area (Å²) < 4.78 is 31.7. The smallest absolute Gasteiger partial charge is 0.481 e. The molecule has 30 heavy (non-hydrogen) atoms. The molecule has 1 heterocycles. The van der Waals surface area contributed by atoms with E-state index in [1.807, 2.05) is 29.2 Å². The van der Waals surface area contributed by atoms with E-state index in [1.165, 1.54) is 0 Å². The zero-order valence-electron chi connectivity index (χ0n) is 15.4. The third kappa shape index (κ3) is 4.55. The summed E-state index contributed by atoms with van der Waals surface area (Å²) in [6.45, 7) is 0.850. The molecule has 1 saturated carbocycles. The lowest BCUT2D eigenvalue weighted by molar-refractivity contribution is -0.192. The highest BCUT2D eigenvalue weighted by Crippen LogP contribution is 2.68. The minimum Gasteiger partial charge on any atom is -0.481 e. The third-order valence-electron chi connectivity index (χ3n) is 5.11. The first kappa shape index (κ1) is 23.2. The Hall–Kier alpha value is -3.10. The summed E-state index contributed by atoms with van der Waals surface area (Å²) >= 11 is 0. The highest BCUT2D eigenvalue weighted by Gasteiger charge is 2.80. The van der Waals surface area contributed by atoms with Crippen molar-refractivity contribution in [3.63, 3.8) is 0 Å². The highest BCUT2D eigenvalue weighted by atomic mass is 19.4. The van der Waals surface area contributed by atoms with Crippen LogP contribution in [0, 0.1) is 22.7 Å². The van der Waals surface area contributed by atoms with E-state index in [1.54, 1.807) is 0 Å². The van der Waals surface area contributed by atoms with Gasteiger partial charge in [-0.3, -0.25) is 14.5 Å². The van der Waals surface area contributed by atoms with E-state index in [2.05, 4.69) is 11.8 Å². The van der Waals surface area contributed by atoms with Crippen molar-refractivity contribution in [3.8, 4) is 11.8 Å². The number of halogens is 3. The number of hydrogen-bond donors (Lipinski definition) is 4. The van der Waals surface area contributed by atoms with E-state index in [9.17, 15) is 33.0 Å². The van der Waals surface area contributed by atoms with Crippen LogP contribution in [0.2, 0.25) is 0 Å². The van der Waals surface area contributed by atoms with Gasteiger partial charge in [0.15, 0.2) is 0 Å². The Kier molecular flexibility index (Phi) is 6.44. The second kappa shape index (κ2) is 8.33. The molecule has 0 aromatic heterocycles. The third-order valence-corrected chi connectivity index (χ3v) is 5.11. The molecular formula is C19H18F3NO7. The monoisotopic (exact) mass is 429 g/mol. The number of fused-ring (bicyclic) bond motifs is 1. The lowest BCUT2D eigenvalue weighted by Gasteiger charge is -2.19. The summed E-state index contributed by atoms with van der Waals surface area (Å²) in [4.78, 5) is 33.8. The van der Waals surface area contributed by atoms with Crippen LogP contribution in [0.3, 0.4) is 0 Å². The number of aliphatic carboxylic acids is 3. The average molecular weight is 429 g/mol. The fourth-order valence-electron chi connectivity index (χ4n) is 3.61. The first-order valence-corrected chi connectivity index (χ1v) is 8.56. The number of piperidine rings is 1. The second-order valence-electron chi connectivity index (χ2n) is 7.06. The van der Waals surface area contributed by atoms with Crippen LogP contribution in [0.4, 0.5) is 13.2 Å². The molecule has 11 heteroatoms. The van der Waals surface area contributed by atoms with Crippen molar-refractivity contribution in [2.24, 2.45) is 10.8 Å². The Bertz CT molecular complexity index is 875. The van der Waals surface area contributed by atoms with E-state index >= 15 is 0 Å². The standard InChI is InChI=1S/C17H17NO5.C2HF3O2/c19-7-1-2-12-3-5-13(6-4-12)8-18-10-16(14(20)21)9-17(16,11-18)15(22)23;3-2(4,5)1(6)7/h3-6,19H,7-11H2,(H,20,21)(H,22,23);(H,6,7)/t16-,17+;. The van der Waals surface area contributed by atoms with Crippen molar-refractivity contribution < 1.29 is 48.0 Å². The molecule has 2 fully saturated rings. The van der Waals surface area contributed by atoms with Gasteiger partial charge in [0.05, 0.1) is 10.8 Å². The highest BCUT2D eigenvalue weighted by molar-refractivity contribution is 5.94. The summed E-state index contributed by atoms with van der Waals surface area (Å²) in [6.07, 6.45) is -4.86. The van der Waals surface area contributed by atoms with Crippen LogP contribution < -0.4 is 0 Å². The molecule has 1 aliphatic carbocycles. The summed E-state index contributed by atoms with van der Waals surface area (Å²) in [6, 6.07) is 7.42. The van der Waals surface area contributed by atoms with Crippen LogP contribution >= 0.6 is 0 Å². The van der Waals surface area contributed by atoms with Crippen molar-refractivity contribution in [3.05, 3.63) is 35.4 Å². The van der Waals surface area contributed by atoms with Crippen LogP contribution in [-0.2, 0) is 20.9 Å². The zero-order chi connectivity index (χ0) is 22.7. The molecule has 0 bridgehead atoms. The van der Waals surface area contributed by atoms with Gasteiger partial charge in [0.1, 0.15) is 6.61 Å². The van der Waals surface area contributed by atoms with Gasteiger partial charge in [-0.15, -0.1) is 0 Å². The molecule has 0 amide bonds. The zero-order valence-corrected chi connectivity index (χ0v) is 15.4. The molecule has 1 aromatic carbocycles. The summed E-state index contributed by atoms with van der Waals surface area (Å²) in [5.41, 5.74) is -0.505. The predicted octanol–water partition coefficient (Wildman–Crippen LogP) is 1.02. The topological polar surface area (TPSA) is 135 Å². The molecule has 0 radical (unpaired) electrons. The minimum absolute atomic E-state index is 0.190. The molecule has 2 atom stereocenters. The minimum atomic E-state index is -5.08. The van der Waals surface area contributed by atoms with Crippen molar-refractivity contribution in [2.75, 3.05) is 19.7 Å². The van der Waals surface area contributed by atoms with E-state index < -0.39 is 34.9 Å². The number of alkyl halides is 3. The van der Waals surface area contributed by atoms with E-state index in [0.29, 0.717) is 6.54 Å². The van der Waals surface area contributed by atoms with Gasteiger partial charge in [-0.2, -0.15) is 13.2 Å². The maximum Gasteiger partial charge on any atom is 0.490 e. The van der Waals surface area contributed by atoms with Gasteiger partial charge < -0.3 is 20.4 Å². The molecule has 1 aromatic rings. The van der Waals surface area contributed by atoms with E-state index in [4.69, 9.17) is 15.0 Å². The van der Waals surface area contributed by atoms with Crippen molar-refractivity contribution in [2.45, 2.75) is 19.1 Å². The van der Waals surface area contributed by atoms with Crippen LogP contribution in [0.5, 0.6) is 0 Å². The molecule has 0 unspecified atom stereocenters. The Labute approximate surface area is 168 Å². The van der Waals surface area contributed by atoms with Gasteiger partial charge in [0.25, 0.3) is 0 Å². The molecule has 0 spiro atoms. The largest absolute Gasteiger partial charge is 0.490 e. The summed E-state index contributed by atoms with van der Waals surface area (Å²) in [7, 11) is 0. The first-order chi connectivity index (χ1) is 13.9. The number of carbonyl (C=O) groups is 3. The lowest BCUT2D eigenvalue weighted by atomic mass is 9.97. The number of aliphatic hydroxyl groups is 1. The fourth-order valence-corrected chi connectivity index (χ4v) is 3.61. The van der Waals surface area contributed by atoms with E-state index in [0.717, 1.165) is 11.1 Å². The van der Waals surface area contributed by atoms with Gasteiger partial charge in [-0.1, -0.05) is 24.0 Å². The summed E-state index contributed by atoms with van der Waals surface area (Å²) in [5, 5.41) is 34.6. The van der Waals surface area contributed by atoms with Gasteiger partial charge in [-0.25, -0.2) is 4.79 Å². The number of rotatable bonds is 4. The van der Waals surface area contributed by atoms with E-state index in [-0.39, 0.29) is 26.1 Å². The molecule has 4 N–H and O–H groups in total. The van der Waals surface area contributed by atoms with Gasteiger partial charge in [0, 0.05) is 25.2 Å². The maximum absolute atomic E-state index is 11.5. The van der Waals surface area contributed by atoms with Crippen LogP contribution in [0.1, 0.15) is 17.5 Å². The number of carboxylic acids is 3. The maximum atomic E-state index is 11.5. The predicted molar refractivity (Wildman–Crippen MR) is 94.1 cm³/mol. The lowest BCUT2D eigenvalue weighted by Crippen LogP contribution is -2.28. The number of aliphatic hydroxyl groups excluding tert-OH is 1. The van der Waals surface area contributed by atoms with Gasteiger partial charge >= 0.3 is 24.1 Å². The molecule has 162 valence electrons. The molecule has 1 saturated heterocycles. The van der Waals surface area contributed by atoms with Crippen LogP contribution in [0.15, 0.2) is 24.3 Å². The number of benzene rings is 1. The molecule has 1 aliphatic heterocycles. The van der Waals surface area contributed by atoms with Crippen molar-refractivity contribution in [1.82, 2.24) is 4.90 Å². The Morgan fingerprint density at radius 2 is 1.47 bits per heavy atom.